The van der Waals surface area contributed by atoms with Gasteiger partial charge in [0.2, 0.25) is 0 Å². The van der Waals surface area contributed by atoms with E-state index in [0.717, 1.165) is 31.2 Å². The highest BCUT2D eigenvalue weighted by atomic mass is 16.5. The Morgan fingerprint density at radius 3 is 2.81 bits per heavy atom. The molecule has 0 aromatic heterocycles. The number of phenolic OH excluding ortho intramolecular Hbond substituents is 1. The molecule has 3 N–H and O–H groups in total. The molecule has 0 heterocycles. The lowest BCUT2D eigenvalue weighted by atomic mass is 10.0. The van der Waals surface area contributed by atoms with E-state index in [1.807, 2.05) is 19.1 Å². The Kier molecular flexibility index (Phi) is 3.06. The number of phenols is 1. The van der Waals surface area contributed by atoms with Crippen LogP contribution in [-0.4, -0.2) is 17.3 Å². The monoisotopic (exact) mass is 221 g/mol. The first-order valence-electron chi connectivity index (χ1n) is 5.87. The fourth-order valence-electron chi connectivity index (χ4n) is 1.84. The van der Waals surface area contributed by atoms with Gasteiger partial charge in [-0.1, -0.05) is 12.1 Å². The standard InChI is InChI=1S/C13H19NO2/c1-2-16-11-5-3-4-10(12(11)15)6-7-13(14)8-9-13/h3-5,15H,2,6-9,14H2,1H3. The van der Waals surface area contributed by atoms with Gasteiger partial charge in [-0.05, 0) is 44.2 Å². The zero-order chi connectivity index (χ0) is 11.6. The average molecular weight is 221 g/mol. The normalized spacial score (nSPS) is 17.1. The molecule has 3 heteroatoms. The molecule has 88 valence electrons. The number of nitrogens with two attached hydrogens (primary N) is 1. The third-order valence-corrected chi connectivity index (χ3v) is 3.17. The molecule has 3 nitrogen and oxygen atoms in total. The number of ether oxygens (including phenoxy) is 1. The SMILES string of the molecule is CCOc1cccc(CCC2(N)CC2)c1O. The predicted octanol–water partition coefficient (Wildman–Crippen LogP) is 2.21. The highest BCUT2D eigenvalue weighted by molar-refractivity contribution is 5.45. The second kappa shape index (κ2) is 4.34. The van der Waals surface area contributed by atoms with Crippen LogP contribution in [0.1, 0.15) is 31.7 Å². The molecule has 16 heavy (non-hydrogen) atoms. The lowest BCUT2D eigenvalue weighted by molar-refractivity contribution is 0.316. The summed E-state index contributed by atoms with van der Waals surface area (Å²) in [5, 5.41) is 9.97. The number of benzene rings is 1. The van der Waals surface area contributed by atoms with E-state index >= 15 is 0 Å². The molecule has 0 spiro atoms. The van der Waals surface area contributed by atoms with Crippen LogP contribution in [-0.2, 0) is 6.42 Å². The summed E-state index contributed by atoms with van der Waals surface area (Å²) < 4.78 is 5.34. The van der Waals surface area contributed by atoms with Crippen molar-refractivity contribution in [2.45, 2.75) is 38.1 Å². The van der Waals surface area contributed by atoms with Gasteiger partial charge in [0.15, 0.2) is 11.5 Å². The van der Waals surface area contributed by atoms with Crippen molar-refractivity contribution in [2.24, 2.45) is 5.73 Å². The van der Waals surface area contributed by atoms with Crippen LogP contribution in [0.5, 0.6) is 11.5 Å². The molecule has 1 saturated carbocycles. The molecule has 1 aromatic rings. The van der Waals surface area contributed by atoms with E-state index in [-0.39, 0.29) is 11.3 Å². The Morgan fingerprint density at radius 1 is 1.44 bits per heavy atom. The topological polar surface area (TPSA) is 55.5 Å². The van der Waals surface area contributed by atoms with Crippen LogP contribution in [0.3, 0.4) is 0 Å². The van der Waals surface area contributed by atoms with Gasteiger partial charge in [-0.15, -0.1) is 0 Å². The van der Waals surface area contributed by atoms with Gasteiger partial charge in [-0.25, -0.2) is 0 Å². The maximum absolute atomic E-state index is 9.97. The molecule has 0 radical (unpaired) electrons. The van der Waals surface area contributed by atoms with Crippen LogP contribution in [0.4, 0.5) is 0 Å². The highest BCUT2D eigenvalue weighted by Gasteiger charge is 2.37. The molecule has 0 atom stereocenters. The molecular weight excluding hydrogens is 202 g/mol. The van der Waals surface area contributed by atoms with Gasteiger partial charge in [-0.2, -0.15) is 0 Å². The second-order valence-corrected chi connectivity index (χ2v) is 4.56. The van der Waals surface area contributed by atoms with Crippen molar-refractivity contribution < 1.29 is 9.84 Å². The molecule has 0 amide bonds. The molecule has 0 saturated heterocycles. The molecule has 0 aliphatic heterocycles. The second-order valence-electron chi connectivity index (χ2n) is 4.56. The minimum Gasteiger partial charge on any atom is -0.504 e. The van der Waals surface area contributed by atoms with Crippen LogP contribution in [0.25, 0.3) is 0 Å². The summed E-state index contributed by atoms with van der Waals surface area (Å²) in [5.74, 6) is 0.843. The summed E-state index contributed by atoms with van der Waals surface area (Å²) >= 11 is 0. The Hall–Kier alpha value is -1.22. The summed E-state index contributed by atoms with van der Waals surface area (Å²) in [6.07, 6.45) is 3.98. The largest absolute Gasteiger partial charge is 0.504 e. The third kappa shape index (κ3) is 2.47. The minimum atomic E-state index is 0.0358. The average Bonchev–Trinajstić information content (AvgIpc) is 2.99. The van der Waals surface area contributed by atoms with E-state index in [0.29, 0.717) is 12.4 Å². The molecular formula is C13H19NO2. The van der Waals surface area contributed by atoms with Gasteiger partial charge in [0.25, 0.3) is 0 Å². The van der Waals surface area contributed by atoms with E-state index in [4.69, 9.17) is 10.5 Å². The lowest BCUT2D eigenvalue weighted by Crippen LogP contribution is -2.22. The van der Waals surface area contributed by atoms with Gasteiger partial charge in [-0.3, -0.25) is 0 Å². The van der Waals surface area contributed by atoms with Crippen molar-refractivity contribution >= 4 is 0 Å². The summed E-state index contributed by atoms with van der Waals surface area (Å²) in [6.45, 7) is 2.48. The van der Waals surface area contributed by atoms with Crippen molar-refractivity contribution in [1.29, 1.82) is 0 Å². The number of hydrogen-bond acceptors (Lipinski definition) is 3. The van der Waals surface area contributed by atoms with Crippen molar-refractivity contribution in [3.05, 3.63) is 23.8 Å². The maximum atomic E-state index is 9.97. The van der Waals surface area contributed by atoms with Crippen LogP contribution in [0, 0.1) is 0 Å². The van der Waals surface area contributed by atoms with Crippen molar-refractivity contribution in [1.82, 2.24) is 0 Å². The Bertz CT molecular complexity index is 372. The fraction of sp³-hybridized carbons (Fsp3) is 0.538. The van der Waals surface area contributed by atoms with Gasteiger partial charge < -0.3 is 15.6 Å². The number of rotatable bonds is 5. The minimum absolute atomic E-state index is 0.0358. The first-order chi connectivity index (χ1) is 7.64. The van der Waals surface area contributed by atoms with E-state index in [9.17, 15) is 5.11 Å². The predicted molar refractivity (Wildman–Crippen MR) is 63.7 cm³/mol. The van der Waals surface area contributed by atoms with Gasteiger partial charge in [0, 0.05) is 5.54 Å². The Labute approximate surface area is 96.2 Å². The number of hydrogen-bond donors (Lipinski definition) is 2. The van der Waals surface area contributed by atoms with Gasteiger partial charge >= 0.3 is 0 Å². The van der Waals surface area contributed by atoms with Gasteiger partial charge in [0.05, 0.1) is 6.61 Å². The molecule has 1 aliphatic rings. The number of aryl methyl sites for hydroxylation is 1. The van der Waals surface area contributed by atoms with Crippen molar-refractivity contribution in [2.75, 3.05) is 6.61 Å². The molecule has 1 aromatic carbocycles. The van der Waals surface area contributed by atoms with E-state index in [1.54, 1.807) is 6.07 Å². The third-order valence-electron chi connectivity index (χ3n) is 3.17. The highest BCUT2D eigenvalue weighted by Crippen LogP contribution is 2.38. The quantitative estimate of drug-likeness (QED) is 0.801. The summed E-state index contributed by atoms with van der Waals surface area (Å²) in [6, 6.07) is 5.64. The lowest BCUT2D eigenvalue weighted by Gasteiger charge is -2.12. The molecule has 1 fully saturated rings. The first kappa shape index (κ1) is 11.3. The zero-order valence-electron chi connectivity index (χ0n) is 9.70. The van der Waals surface area contributed by atoms with E-state index in [2.05, 4.69) is 0 Å². The van der Waals surface area contributed by atoms with Crippen LogP contribution < -0.4 is 10.5 Å². The fourth-order valence-corrected chi connectivity index (χ4v) is 1.84. The Morgan fingerprint density at radius 2 is 2.19 bits per heavy atom. The van der Waals surface area contributed by atoms with Crippen molar-refractivity contribution in [3.8, 4) is 11.5 Å². The summed E-state index contributed by atoms with van der Waals surface area (Å²) in [5.41, 5.74) is 7.00. The molecule has 0 bridgehead atoms. The molecule has 0 unspecified atom stereocenters. The van der Waals surface area contributed by atoms with E-state index in [1.165, 1.54) is 0 Å². The maximum Gasteiger partial charge on any atom is 0.161 e. The van der Waals surface area contributed by atoms with E-state index < -0.39 is 0 Å². The van der Waals surface area contributed by atoms with Crippen LogP contribution in [0.15, 0.2) is 18.2 Å². The van der Waals surface area contributed by atoms with Crippen LogP contribution >= 0.6 is 0 Å². The summed E-state index contributed by atoms with van der Waals surface area (Å²) in [7, 11) is 0. The zero-order valence-corrected chi connectivity index (χ0v) is 9.70. The first-order valence-corrected chi connectivity index (χ1v) is 5.87. The molecule has 2 rings (SSSR count). The van der Waals surface area contributed by atoms with Crippen molar-refractivity contribution in [3.63, 3.8) is 0 Å². The number of para-hydroxylation sites is 1. The number of aromatic hydroxyl groups is 1. The molecule has 1 aliphatic carbocycles. The van der Waals surface area contributed by atoms with Crippen LogP contribution in [0.2, 0.25) is 0 Å². The van der Waals surface area contributed by atoms with Gasteiger partial charge in [0.1, 0.15) is 0 Å². The smallest absolute Gasteiger partial charge is 0.161 e. The Balaban J connectivity index is 2.05. The summed E-state index contributed by atoms with van der Waals surface area (Å²) in [4.78, 5) is 0.